The highest BCUT2D eigenvalue weighted by molar-refractivity contribution is 7.13. The zero-order valence-corrected chi connectivity index (χ0v) is 13.6. The van der Waals surface area contributed by atoms with Crippen LogP contribution in [-0.2, 0) is 0 Å². The molecule has 1 aromatic rings. The maximum absolute atomic E-state index is 12.1. The minimum absolute atomic E-state index is 0.101. The predicted molar refractivity (Wildman–Crippen MR) is 85.4 cm³/mol. The number of carbonyl (C=O) groups is 1. The Kier molecular flexibility index (Phi) is 5.61. The van der Waals surface area contributed by atoms with E-state index in [1.54, 1.807) is 11.3 Å². The molecule has 0 atom stereocenters. The summed E-state index contributed by atoms with van der Waals surface area (Å²) in [6, 6.07) is 4.28. The van der Waals surface area contributed by atoms with E-state index >= 15 is 0 Å². The minimum atomic E-state index is 0.101. The second-order valence-corrected chi connectivity index (χ2v) is 7.47. The highest BCUT2D eigenvalue weighted by Gasteiger charge is 2.21. The first-order valence-corrected chi connectivity index (χ1v) is 8.46. The zero-order valence-electron chi connectivity index (χ0n) is 12.8. The molecule has 1 aliphatic heterocycles. The Labute approximate surface area is 126 Å². The van der Waals surface area contributed by atoms with E-state index in [1.807, 2.05) is 19.1 Å². The van der Waals surface area contributed by atoms with Gasteiger partial charge >= 0.3 is 0 Å². The molecular formula is C16H26N2OS. The summed E-state index contributed by atoms with van der Waals surface area (Å²) in [5.41, 5.74) is 0. The summed E-state index contributed by atoms with van der Waals surface area (Å²) in [4.78, 5) is 16.7. The van der Waals surface area contributed by atoms with Crippen molar-refractivity contribution in [2.24, 2.45) is 5.92 Å². The molecule has 0 aliphatic carbocycles. The number of rotatable bonds is 5. The van der Waals surface area contributed by atoms with Crippen LogP contribution in [0.1, 0.15) is 47.7 Å². The molecule has 0 radical (unpaired) electrons. The fraction of sp³-hybridized carbons (Fsp3) is 0.688. The molecule has 0 aromatic carbocycles. The number of likely N-dealkylation sites (tertiary alicyclic amines) is 1. The summed E-state index contributed by atoms with van der Waals surface area (Å²) in [7, 11) is 0. The Balaban J connectivity index is 1.73. The zero-order chi connectivity index (χ0) is 14.5. The molecule has 4 heteroatoms. The smallest absolute Gasteiger partial charge is 0.261 e. The van der Waals surface area contributed by atoms with Crippen LogP contribution in [0.25, 0.3) is 0 Å². The minimum Gasteiger partial charge on any atom is -0.349 e. The van der Waals surface area contributed by atoms with Gasteiger partial charge in [-0.05, 0) is 50.8 Å². The number of nitrogens with zero attached hydrogens (tertiary/aromatic N) is 1. The third-order valence-electron chi connectivity index (χ3n) is 3.91. The molecule has 20 heavy (non-hydrogen) atoms. The first kappa shape index (κ1) is 15.5. The Morgan fingerprint density at radius 3 is 2.65 bits per heavy atom. The molecule has 2 rings (SSSR count). The standard InChI is InChI=1S/C16H26N2OS/c1-12(2)6-9-18-10-7-14(8-11-18)17-16(19)15-5-4-13(3)20-15/h4-5,12,14H,6-11H2,1-3H3,(H,17,19). The molecular weight excluding hydrogens is 268 g/mol. The van der Waals surface area contributed by atoms with Crippen molar-refractivity contribution in [3.63, 3.8) is 0 Å². The normalized spacial score (nSPS) is 17.6. The fourth-order valence-corrected chi connectivity index (χ4v) is 3.33. The lowest BCUT2D eigenvalue weighted by molar-refractivity contribution is 0.0914. The van der Waals surface area contributed by atoms with Gasteiger partial charge in [-0.25, -0.2) is 0 Å². The van der Waals surface area contributed by atoms with Crippen molar-refractivity contribution in [3.05, 3.63) is 21.9 Å². The largest absolute Gasteiger partial charge is 0.349 e. The van der Waals surface area contributed by atoms with Crippen LogP contribution in [0.15, 0.2) is 12.1 Å². The van der Waals surface area contributed by atoms with E-state index in [4.69, 9.17) is 0 Å². The topological polar surface area (TPSA) is 32.3 Å². The Hall–Kier alpha value is -0.870. The van der Waals surface area contributed by atoms with Gasteiger partial charge in [-0.15, -0.1) is 11.3 Å². The second kappa shape index (κ2) is 7.23. The summed E-state index contributed by atoms with van der Waals surface area (Å²) < 4.78 is 0. The predicted octanol–water partition coefficient (Wildman–Crippen LogP) is 3.30. The van der Waals surface area contributed by atoms with Gasteiger partial charge in [0.2, 0.25) is 0 Å². The van der Waals surface area contributed by atoms with Crippen LogP contribution in [0.2, 0.25) is 0 Å². The first-order chi connectivity index (χ1) is 9.54. The second-order valence-electron chi connectivity index (χ2n) is 6.18. The number of hydrogen-bond acceptors (Lipinski definition) is 3. The number of aryl methyl sites for hydroxylation is 1. The SMILES string of the molecule is Cc1ccc(C(=O)NC2CCN(CCC(C)C)CC2)s1. The number of nitrogens with one attached hydrogen (secondary N) is 1. The van der Waals surface area contributed by atoms with Gasteiger partial charge in [-0.1, -0.05) is 13.8 Å². The molecule has 1 aliphatic rings. The molecule has 2 heterocycles. The molecule has 112 valence electrons. The van der Waals surface area contributed by atoms with E-state index in [2.05, 4.69) is 24.1 Å². The summed E-state index contributed by atoms with van der Waals surface area (Å²) in [5, 5.41) is 3.18. The molecule has 0 saturated carbocycles. The third kappa shape index (κ3) is 4.60. The van der Waals surface area contributed by atoms with E-state index in [-0.39, 0.29) is 5.91 Å². The highest BCUT2D eigenvalue weighted by Crippen LogP contribution is 2.17. The molecule has 3 nitrogen and oxygen atoms in total. The molecule has 1 amide bonds. The maximum atomic E-state index is 12.1. The van der Waals surface area contributed by atoms with E-state index in [9.17, 15) is 4.79 Å². The van der Waals surface area contributed by atoms with Crippen LogP contribution >= 0.6 is 11.3 Å². The van der Waals surface area contributed by atoms with Gasteiger partial charge in [0.25, 0.3) is 5.91 Å². The molecule has 1 N–H and O–H groups in total. The maximum Gasteiger partial charge on any atom is 0.261 e. The summed E-state index contributed by atoms with van der Waals surface area (Å²) >= 11 is 1.57. The molecule has 0 bridgehead atoms. The molecule has 0 spiro atoms. The van der Waals surface area contributed by atoms with Gasteiger partial charge in [-0.3, -0.25) is 4.79 Å². The Morgan fingerprint density at radius 2 is 2.10 bits per heavy atom. The van der Waals surface area contributed by atoms with Gasteiger partial charge in [0.05, 0.1) is 4.88 Å². The van der Waals surface area contributed by atoms with Gasteiger partial charge in [0.1, 0.15) is 0 Å². The van der Waals surface area contributed by atoms with Crippen LogP contribution in [-0.4, -0.2) is 36.5 Å². The number of piperidine rings is 1. The Morgan fingerprint density at radius 1 is 1.40 bits per heavy atom. The lowest BCUT2D eigenvalue weighted by atomic mass is 10.0. The lowest BCUT2D eigenvalue weighted by Gasteiger charge is -2.32. The monoisotopic (exact) mass is 294 g/mol. The van der Waals surface area contributed by atoms with E-state index in [1.165, 1.54) is 17.8 Å². The lowest BCUT2D eigenvalue weighted by Crippen LogP contribution is -2.44. The Bertz CT molecular complexity index is 433. The van der Waals surface area contributed by atoms with Crippen molar-refractivity contribution < 1.29 is 4.79 Å². The average molecular weight is 294 g/mol. The van der Waals surface area contributed by atoms with Crippen molar-refractivity contribution in [1.29, 1.82) is 0 Å². The molecule has 0 unspecified atom stereocenters. The van der Waals surface area contributed by atoms with Crippen LogP contribution in [0, 0.1) is 12.8 Å². The van der Waals surface area contributed by atoms with Gasteiger partial charge in [-0.2, -0.15) is 0 Å². The van der Waals surface area contributed by atoms with Crippen molar-refractivity contribution in [1.82, 2.24) is 10.2 Å². The highest BCUT2D eigenvalue weighted by atomic mass is 32.1. The fourth-order valence-electron chi connectivity index (χ4n) is 2.55. The molecule has 1 aromatic heterocycles. The van der Waals surface area contributed by atoms with E-state index in [0.717, 1.165) is 36.7 Å². The van der Waals surface area contributed by atoms with Crippen molar-refractivity contribution in [2.75, 3.05) is 19.6 Å². The van der Waals surface area contributed by atoms with Crippen LogP contribution in [0.3, 0.4) is 0 Å². The number of carbonyl (C=O) groups excluding carboxylic acids is 1. The summed E-state index contributed by atoms with van der Waals surface area (Å²) in [6.07, 6.45) is 3.42. The molecule has 1 fully saturated rings. The number of thiophene rings is 1. The first-order valence-electron chi connectivity index (χ1n) is 7.64. The number of amides is 1. The van der Waals surface area contributed by atoms with Crippen LogP contribution < -0.4 is 5.32 Å². The van der Waals surface area contributed by atoms with Gasteiger partial charge in [0, 0.05) is 24.0 Å². The van der Waals surface area contributed by atoms with Gasteiger partial charge < -0.3 is 10.2 Å². The van der Waals surface area contributed by atoms with Gasteiger partial charge in [0.15, 0.2) is 0 Å². The van der Waals surface area contributed by atoms with Crippen molar-refractivity contribution in [2.45, 2.75) is 46.1 Å². The van der Waals surface area contributed by atoms with E-state index < -0.39 is 0 Å². The third-order valence-corrected chi connectivity index (χ3v) is 4.91. The summed E-state index contributed by atoms with van der Waals surface area (Å²) in [5.74, 6) is 0.873. The van der Waals surface area contributed by atoms with Crippen molar-refractivity contribution in [3.8, 4) is 0 Å². The number of hydrogen-bond donors (Lipinski definition) is 1. The average Bonchev–Trinajstić information content (AvgIpc) is 2.85. The quantitative estimate of drug-likeness (QED) is 0.903. The van der Waals surface area contributed by atoms with Crippen molar-refractivity contribution >= 4 is 17.2 Å². The van der Waals surface area contributed by atoms with Crippen LogP contribution in [0.5, 0.6) is 0 Å². The van der Waals surface area contributed by atoms with E-state index in [0.29, 0.717) is 6.04 Å². The summed E-state index contributed by atoms with van der Waals surface area (Å²) in [6.45, 7) is 10.0. The van der Waals surface area contributed by atoms with Crippen LogP contribution in [0.4, 0.5) is 0 Å². The molecule has 1 saturated heterocycles.